The lowest BCUT2D eigenvalue weighted by molar-refractivity contribution is 0.0860. The van der Waals surface area contributed by atoms with Gasteiger partial charge in [-0.2, -0.15) is 0 Å². The van der Waals surface area contributed by atoms with E-state index in [-0.39, 0.29) is 6.73 Å². The fraction of sp³-hybridized carbons (Fsp3) is 1.00. The molecule has 1 N–H and O–H groups in total. The molecule has 0 aliphatic carbocycles. The van der Waals surface area contributed by atoms with Crippen LogP contribution in [0.15, 0.2) is 0 Å². The van der Waals surface area contributed by atoms with E-state index in [1.807, 2.05) is 11.9 Å². The molecule has 0 saturated carbocycles. The van der Waals surface area contributed by atoms with Crippen molar-refractivity contribution in [3.05, 3.63) is 0 Å². The summed E-state index contributed by atoms with van der Waals surface area (Å²) in [5.74, 6) is 0. The predicted octanol–water partition coefficient (Wildman–Crippen LogP) is 2.23. The molecule has 0 rings (SSSR count). The van der Waals surface area contributed by atoms with Gasteiger partial charge in [-0.25, -0.2) is 0 Å². The van der Waals surface area contributed by atoms with Gasteiger partial charge in [-0.05, 0) is 19.9 Å². The van der Waals surface area contributed by atoms with E-state index in [4.69, 9.17) is 5.11 Å². The molecule has 2 heteroatoms. The average Bonchev–Trinajstić information content (AvgIpc) is 2.11. The van der Waals surface area contributed by atoms with Crippen LogP contribution in [-0.2, 0) is 0 Å². The van der Waals surface area contributed by atoms with E-state index in [1.165, 1.54) is 25.7 Å². The summed E-state index contributed by atoms with van der Waals surface area (Å²) in [4.78, 5) is 2.02. The van der Waals surface area contributed by atoms with E-state index >= 15 is 0 Å². The van der Waals surface area contributed by atoms with Crippen LogP contribution in [0.2, 0.25) is 0 Å². The van der Waals surface area contributed by atoms with Crippen LogP contribution in [0.1, 0.15) is 46.0 Å². The molecule has 0 bridgehead atoms. The van der Waals surface area contributed by atoms with Crippen molar-refractivity contribution in [1.82, 2.24) is 4.90 Å². The van der Waals surface area contributed by atoms with Crippen molar-refractivity contribution in [2.75, 3.05) is 13.8 Å². The van der Waals surface area contributed by atoms with Crippen molar-refractivity contribution in [3.8, 4) is 0 Å². The average molecular weight is 173 g/mol. The minimum absolute atomic E-state index is 0.185. The van der Waals surface area contributed by atoms with Crippen molar-refractivity contribution >= 4 is 0 Å². The van der Waals surface area contributed by atoms with E-state index in [0.29, 0.717) is 6.04 Å². The Morgan fingerprint density at radius 1 is 1.25 bits per heavy atom. The highest BCUT2D eigenvalue weighted by molar-refractivity contribution is 4.64. The van der Waals surface area contributed by atoms with Gasteiger partial charge in [0, 0.05) is 6.04 Å². The number of rotatable bonds is 7. The van der Waals surface area contributed by atoms with Crippen LogP contribution in [0.25, 0.3) is 0 Å². The molecule has 0 aromatic heterocycles. The van der Waals surface area contributed by atoms with Gasteiger partial charge >= 0.3 is 0 Å². The second kappa shape index (κ2) is 7.56. The number of nitrogens with zero attached hydrogens (tertiary/aromatic N) is 1. The first-order valence-corrected chi connectivity index (χ1v) is 5.07. The third kappa shape index (κ3) is 4.73. The largest absolute Gasteiger partial charge is 0.381 e. The van der Waals surface area contributed by atoms with Crippen LogP contribution >= 0.6 is 0 Å². The standard InChI is InChI=1S/C10H23NO/c1-4-6-7-8-10(5-2)11(3)9-12/h10,12H,4-9H2,1-3H3. The maximum absolute atomic E-state index is 8.92. The van der Waals surface area contributed by atoms with Crippen LogP contribution in [-0.4, -0.2) is 29.8 Å². The Morgan fingerprint density at radius 3 is 2.33 bits per heavy atom. The number of aliphatic hydroxyl groups excluding tert-OH is 1. The fourth-order valence-electron chi connectivity index (χ4n) is 1.48. The maximum atomic E-state index is 8.92. The Kier molecular flexibility index (Phi) is 7.51. The Morgan fingerprint density at radius 2 is 1.92 bits per heavy atom. The Balaban J connectivity index is 3.52. The van der Waals surface area contributed by atoms with Crippen molar-refractivity contribution in [3.63, 3.8) is 0 Å². The van der Waals surface area contributed by atoms with Gasteiger partial charge in [0.25, 0.3) is 0 Å². The highest BCUT2D eigenvalue weighted by atomic mass is 16.3. The smallest absolute Gasteiger partial charge is 0.0956 e. The summed E-state index contributed by atoms with van der Waals surface area (Å²) in [6.07, 6.45) is 6.25. The highest BCUT2D eigenvalue weighted by Gasteiger charge is 2.09. The van der Waals surface area contributed by atoms with Gasteiger partial charge in [0.15, 0.2) is 0 Å². The zero-order chi connectivity index (χ0) is 9.40. The van der Waals surface area contributed by atoms with Crippen LogP contribution in [0, 0.1) is 0 Å². The normalized spacial score (nSPS) is 13.8. The van der Waals surface area contributed by atoms with Crippen molar-refractivity contribution < 1.29 is 5.11 Å². The van der Waals surface area contributed by atoms with E-state index in [1.54, 1.807) is 0 Å². The molecule has 1 unspecified atom stereocenters. The summed E-state index contributed by atoms with van der Waals surface area (Å²) in [5.41, 5.74) is 0. The fourth-order valence-corrected chi connectivity index (χ4v) is 1.48. The van der Waals surface area contributed by atoms with Crippen molar-refractivity contribution in [2.24, 2.45) is 0 Å². The van der Waals surface area contributed by atoms with Crippen LogP contribution in [0.4, 0.5) is 0 Å². The zero-order valence-corrected chi connectivity index (χ0v) is 8.71. The molecule has 0 aliphatic rings. The Labute approximate surface area is 76.6 Å². The molecule has 0 saturated heterocycles. The van der Waals surface area contributed by atoms with Gasteiger partial charge in [0.05, 0.1) is 6.73 Å². The minimum Gasteiger partial charge on any atom is -0.381 e. The molecular weight excluding hydrogens is 150 g/mol. The van der Waals surface area contributed by atoms with E-state index < -0.39 is 0 Å². The topological polar surface area (TPSA) is 23.5 Å². The maximum Gasteiger partial charge on any atom is 0.0956 e. The van der Waals surface area contributed by atoms with Crippen LogP contribution < -0.4 is 0 Å². The minimum atomic E-state index is 0.185. The van der Waals surface area contributed by atoms with E-state index in [0.717, 1.165) is 6.42 Å². The van der Waals surface area contributed by atoms with Crippen molar-refractivity contribution in [2.45, 2.75) is 52.0 Å². The molecule has 0 radical (unpaired) electrons. The monoisotopic (exact) mass is 173 g/mol. The van der Waals surface area contributed by atoms with Crippen LogP contribution in [0.3, 0.4) is 0 Å². The van der Waals surface area contributed by atoms with Crippen LogP contribution in [0.5, 0.6) is 0 Å². The molecule has 0 fully saturated rings. The zero-order valence-electron chi connectivity index (χ0n) is 8.71. The number of hydrogen-bond donors (Lipinski definition) is 1. The molecule has 0 aromatic carbocycles. The molecule has 0 aliphatic heterocycles. The second-order valence-corrected chi connectivity index (χ2v) is 3.46. The first kappa shape index (κ1) is 11.9. The predicted molar refractivity (Wildman–Crippen MR) is 53.1 cm³/mol. The Hall–Kier alpha value is -0.0800. The summed E-state index contributed by atoms with van der Waals surface area (Å²) in [5, 5.41) is 8.92. The van der Waals surface area contributed by atoms with Gasteiger partial charge in [0.1, 0.15) is 0 Å². The molecule has 74 valence electrons. The molecule has 12 heavy (non-hydrogen) atoms. The summed E-state index contributed by atoms with van der Waals surface area (Å²) >= 11 is 0. The third-order valence-corrected chi connectivity index (χ3v) is 2.46. The summed E-state index contributed by atoms with van der Waals surface area (Å²) in [6, 6.07) is 0.571. The Bertz CT molecular complexity index is 95.8. The molecule has 1 atom stereocenters. The lowest BCUT2D eigenvalue weighted by Crippen LogP contribution is -2.31. The van der Waals surface area contributed by atoms with E-state index in [2.05, 4.69) is 13.8 Å². The third-order valence-electron chi connectivity index (χ3n) is 2.46. The van der Waals surface area contributed by atoms with E-state index in [9.17, 15) is 0 Å². The van der Waals surface area contributed by atoms with Gasteiger partial charge in [0.2, 0.25) is 0 Å². The lowest BCUT2D eigenvalue weighted by atomic mass is 10.1. The highest BCUT2D eigenvalue weighted by Crippen LogP contribution is 2.10. The first-order valence-electron chi connectivity index (χ1n) is 5.07. The van der Waals surface area contributed by atoms with Crippen molar-refractivity contribution in [1.29, 1.82) is 0 Å². The summed E-state index contributed by atoms with van der Waals surface area (Å²) in [6.45, 7) is 4.59. The number of unbranched alkanes of at least 4 members (excludes halogenated alkanes) is 2. The SMILES string of the molecule is CCCCCC(CC)N(C)CO. The van der Waals surface area contributed by atoms with Gasteiger partial charge in [-0.1, -0.05) is 33.1 Å². The summed E-state index contributed by atoms with van der Waals surface area (Å²) in [7, 11) is 1.99. The molecule has 0 heterocycles. The quantitative estimate of drug-likeness (QED) is 0.471. The first-order chi connectivity index (χ1) is 5.76. The summed E-state index contributed by atoms with van der Waals surface area (Å²) < 4.78 is 0. The number of aliphatic hydroxyl groups is 1. The molecular formula is C10H23NO. The molecule has 2 nitrogen and oxygen atoms in total. The lowest BCUT2D eigenvalue weighted by Gasteiger charge is -2.24. The second-order valence-electron chi connectivity index (χ2n) is 3.46. The number of hydrogen-bond acceptors (Lipinski definition) is 2. The molecule has 0 aromatic rings. The van der Waals surface area contributed by atoms with Gasteiger partial charge in [-0.3, -0.25) is 4.90 Å². The molecule has 0 amide bonds. The van der Waals surface area contributed by atoms with Gasteiger partial charge < -0.3 is 5.11 Å². The van der Waals surface area contributed by atoms with Gasteiger partial charge in [-0.15, -0.1) is 0 Å². The molecule has 0 spiro atoms.